The fraction of sp³-hybridized carbons (Fsp3) is 0.310. The summed E-state index contributed by atoms with van der Waals surface area (Å²) in [4.78, 5) is 46.4. The zero-order valence-electron chi connectivity index (χ0n) is 23.0. The van der Waals surface area contributed by atoms with Gasteiger partial charge in [0.2, 0.25) is 0 Å². The van der Waals surface area contributed by atoms with Gasteiger partial charge in [-0.3, -0.25) is 9.78 Å². The lowest BCUT2D eigenvalue weighted by Gasteiger charge is -2.40. The number of hydrogen-bond acceptors (Lipinski definition) is 6. The summed E-state index contributed by atoms with van der Waals surface area (Å²) in [5, 5.41) is 0.694. The van der Waals surface area contributed by atoms with Gasteiger partial charge in [0.05, 0.1) is 27.5 Å². The van der Waals surface area contributed by atoms with Crippen molar-refractivity contribution in [2.24, 2.45) is 0 Å². The number of hydrogen-bond donors (Lipinski definition) is 0. The van der Waals surface area contributed by atoms with Gasteiger partial charge in [0.25, 0.3) is 0 Å². The number of carbonyl (C=O) groups excluding carboxylic acids is 1. The van der Waals surface area contributed by atoms with Crippen molar-refractivity contribution in [1.29, 1.82) is 0 Å². The second-order valence-electron chi connectivity index (χ2n) is 10.3. The van der Waals surface area contributed by atoms with E-state index < -0.39 is 17.4 Å². The summed E-state index contributed by atoms with van der Waals surface area (Å²) < 4.78 is 16.3. The third-order valence-corrected chi connectivity index (χ3v) is 7.52. The highest BCUT2D eigenvalue weighted by Gasteiger charge is 2.31. The Morgan fingerprint density at radius 2 is 1.98 bits per heavy atom. The topological polar surface area (TPSA) is 121 Å². The number of nitrogens with zero attached hydrogens (tertiary/aromatic N) is 8. The van der Waals surface area contributed by atoms with Crippen molar-refractivity contribution in [1.82, 2.24) is 24.4 Å². The van der Waals surface area contributed by atoms with E-state index in [9.17, 15) is 14.0 Å². The molecule has 0 unspecified atom stereocenters. The first-order chi connectivity index (χ1) is 19.6. The van der Waals surface area contributed by atoms with E-state index in [1.807, 2.05) is 38.7 Å². The maximum absolute atomic E-state index is 14.9. The number of rotatable bonds is 5. The smallest absolute Gasteiger partial charge is 0.355 e. The van der Waals surface area contributed by atoms with E-state index in [1.165, 1.54) is 10.6 Å². The van der Waals surface area contributed by atoms with Crippen LogP contribution in [0.2, 0.25) is 5.02 Å². The summed E-state index contributed by atoms with van der Waals surface area (Å²) in [6, 6.07) is 9.41. The van der Waals surface area contributed by atoms with Gasteiger partial charge >= 0.3 is 17.8 Å². The number of amides is 1. The minimum Gasteiger partial charge on any atom is -0.361 e. The van der Waals surface area contributed by atoms with Gasteiger partial charge < -0.3 is 15.3 Å². The van der Waals surface area contributed by atoms with Crippen LogP contribution in [0.4, 0.5) is 10.2 Å². The van der Waals surface area contributed by atoms with Crippen molar-refractivity contribution in [3.63, 3.8) is 0 Å². The molecule has 10 nitrogen and oxygen atoms in total. The molecule has 0 radical (unpaired) electrons. The summed E-state index contributed by atoms with van der Waals surface area (Å²) in [5.74, 6) is -0.567. The van der Waals surface area contributed by atoms with Gasteiger partial charge in [0.15, 0.2) is 5.65 Å². The molecule has 1 aliphatic heterocycles. The predicted octanol–water partition coefficient (Wildman–Crippen LogP) is 4.40. The zero-order valence-corrected chi connectivity index (χ0v) is 23.8. The van der Waals surface area contributed by atoms with Crippen LogP contribution in [-0.4, -0.2) is 67.0 Å². The SMILES string of the molecule is Cc1ccnc(C(C)C)c1-n1c(=O)nc(N2CCN(C(=O)C=[N+]=[N-])C[C@@H]2C)c2cc(Cl)c(-c3ccccc3F)nc21. The molecule has 0 saturated carbocycles. The number of piperazine rings is 1. The van der Waals surface area contributed by atoms with Crippen molar-refractivity contribution in [3.8, 4) is 16.9 Å². The van der Waals surface area contributed by atoms with Crippen LogP contribution >= 0.6 is 11.6 Å². The number of benzene rings is 1. The highest BCUT2D eigenvalue weighted by molar-refractivity contribution is 6.34. The molecule has 210 valence electrons. The van der Waals surface area contributed by atoms with E-state index in [4.69, 9.17) is 22.1 Å². The summed E-state index contributed by atoms with van der Waals surface area (Å²) in [7, 11) is 0. The summed E-state index contributed by atoms with van der Waals surface area (Å²) in [5.41, 5.74) is 10.9. The molecule has 12 heteroatoms. The highest BCUT2D eigenvalue weighted by atomic mass is 35.5. The molecule has 1 amide bonds. The molecular formula is C29H28ClFN8O2. The molecule has 1 aliphatic rings. The third-order valence-electron chi connectivity index (χ3n) is 7.23. The summed E-state index contributed by atoms with van der Waals surface area (Å²) >= 11 is 6.74. The standard InChI is InChI=1S/C29H28ClFN8O2/c1-16(2)24-26(17(3)9-10-33-24)39-28-20(13-21(30)25(35-28)19-7-5-6-8-22(19)31)27(36-29(39)41)38-12-11-37(15-18(38)4)23(40)14-34-32/h5-10,13-14,16,18H,11-12,15H2,1-4H3/t18-/m0/s1. The second kappa shape index (κ2) is 11.2. The molecule has 41 heavy (non-hydrogen) atoms. The number of fused-ring (bicyclic) bond motifs is 1. The number of aryl methyl sites for hydroxylation is 1. The molecule has 0 spiro atoms. The Morgan fingerprint density at radius 3 is 2.66 bits per heavy atom. The molecular weight excluding hydrogens is 547 g/mol. The second-order valence-corrected chi connectivity index (χ2v) is 10.7. The molecule has 1 aromatic carbocycles. The lowest BCUT2D eigenvalue weighted by molar-refractivity contribution is -0.128. The van der Waals surface area contributed by atoms with Crippen LogP contribution in [0.15, 0.2) is 47.4 Å². The highest BCUT2D eigenvalue weighted by Crippen LogP contribution is 2.36. The van der Waals surface area contributed by atoms with Gasteiger partial charge in [-0.15, -0.1) is 0 Å². The van der Waals surface area contributed by atoms with Crippen molar-refractivity contribution < 1.29 is 14.0 Å². The molecule has 5 rings (SSSR count). The Labute approximate surface area is 240 Å². The first kappa shape index (κ1) is 28.1. The van der Waals surface area contributed by atoms with Crippen LogP contribution in [0.3, 0.4) is 0 Å². The van der Waals surface area contributed by atoms with E-state index in [-0.39, 0.29) is 33.9 Å². The molecule has 1 saturated heterocycles. The molecule has 0 aliphatic carbocycles. The average molecular weight is 575 g/mol. The normalized spacial score (nSPS) is 15.3. The first-order valence-electron chi connectivity index (χ1n) is 13.2. The Morgan fingerprint density at radius 1 is 1.22 bits per heavy atom. The average Bonchev–Trinajstić information content (AvgIpc) is 2.93. The number of anilines is 1. The van der Waals surface area contributed by atoms with Crippen LogP contribution < -0.4 is 10.6 Å². The Bertz CT molecular complexity index is 1780. The van der Waals surface area contributed by atoms with E-state index in [0.29, 0.717) is 42.2 Å². The van der Waals surface area contributed by atoms with Crippen LogP contribution in [0.1, 0.15) is 37.9 Å². The van der Waals surface area contributed by atoms with Crippen LogP contribution in [-0.2, 0) is 4.79 Å². The molecule has 0 bridgehead atoms. The van der Waals surface area contributed by atoms with Gasteiger partial charge in [-0.2, -0.15) is 9.77 Å². The quantitative estimate of drug-likeness (QED) is 0.198. The first-order valence-corrected chi connectivity index (χ1v) is 13.6. The van der Waals surface area contributed by atoms with Gasteiger partial charge in [0.1, 0.15) is 11.6 Å². The zero-order chi connectivity index (χ0) is 29.4. The molecule has 4 heterocycles. The Hall–Kier alpha value is -4.47. The van der Waals surface area contributed by atoms with Gasteiger partial charge in [-0.05, 0) is 49.6 Å². The number of aromatic nitrogens is 4. The fourth-order valence-corrected chi connectivity index (χ4v) is 5.51. The number of pyridine rings is 2. The number of carbonyl (C=O) groups is 1. The van der Waals surface area contributed by atoms with E-state index >= 15 is 0 Å². The Kier molecular flexibility index (Phi) is 7.66. The monoisotopic (exact) mass is 574 g/mol. The van der Waals surface area contributed by atoms with Gasteiger partial charge in [-0.25, -0.2) is 18.7 Å². The maximum atomic E-state index is 14.9. The maximum Gasteiger partial charge on any atom is 0.355 e. The molecule has 0 N–H and O–H groups in total. The minimum atomic E-state index is -0.571. The lowest BCUT2D eigenvalue weighted by Crippen LogP contribution is -2.54. The minimum absolute atomic E-state index is 0.0158. The third kappa shape index (κ3) is 5.10. The van der Waals surface area contributed by atoms with Crippen LogP contribution in [0.25, 0.3) is 33.5 Å². The summed E-state index contributed by atoms with van der Waals surface area (Å²) in [6.45, 7) is 8.74. The van der Waals surface area contributed by atoms with Crippen molar-refractivity contribution in [2.75, 3.05) is 24.5 Å². The fourth-order valence-electron chi connectivity index (χ4n) is 5.26. The number of halogens is 2. The van der Waals surface area contributed by atoms with Crippen molar-refractivity contribution in [2.45, 2.75) is 39.7 Å². The molecule has 1 fully saturated rings. The van der Waals surface area contributed by atoms with E-state index in [0.717, 1.165) is 11.8 Å². The van der Waals surface area contributed by atoms with Crippen molar-refractivity contribution >= 4 is 40.6 Å². The Balaban J connectivity index is 1.79. The predicted molar refractivity (Wildman–Crippen MR) is 155 cm³/mol. The lowest BCUT2D eigenvalue weighted by atomic mass is 10.0. The van der Waals surface area contributed by atoms with Crippen LogP contribution in [0.5, 0.6) is 0 Å². The van der Waals surface area contributed by atoms with Crippen LogP contribution in [0, 0.1) is 12.7 Å². The van der Waals surface area contributed by atoms with Gasteiger partial charge in [0, 0.05) is 37.4 Å². The molecule has 1 atom stereocenters. The van der Waals surface area contributed by atoms with Crippen molar-refractivity contribution in [3.05, 3.63) is 80.7 Å². The van der Waals surface area contributed by atoms with E-state index in [2.05, 4.69) is 14.8 Å². The van der Waals surface area contributed by atoms with E-state index in [1.54, 1.807) is 35.4 Å². The van der Waals surface area contributed by atoms with Gasteiger partial charge in [-0.1, -0.05) is 37.6 Å². The molecule has 3 aromatic heterocycles. The molecule has 4 aromatic rings. The summed E-state index contributed by atoms with van der Waals surface area (Å²) in [6.07, 6.45) is 2.55. The largest absolute Gasteiger partial charge is 0.361 e.